The van der Waals surface area contributed by atoms with Gasteiger partial charge in [0, 0.05) is 12.8 Å². The summed E-state index contributed by atoms with van der Waals surface area (Å²) in [5.41, 5.74) is 1.79. The van der Waals surface area contributed by atoms with Crippen LogP contribution in [0.1, 0.15) is 55.7 Å². The molecule has 0 saturated heterocycles. The molecule has 0 aromatic heterocycles. The predicted octanol–water partition coefficient (Wildman–Crippen LogP) is 4.44. The number of esters is 1. The lowest BCUT2D eigenvalue weighted by Gasteiger charge is -2.23. The van der Waals surface area contributed by atoms with Gasteiger partial charge in [-0.15, -0.1) is 13.2 Å². The zero-order chi connectivity index (χ0) is 27.6. The van der Waals surface area contributed by atoms with Crippen molar-refractivity contribution in [3.8, 4) is 0 Å². The van der Waals surface area contributed by atoms with Crippen LogP contribution in [-0.2, 0) is 25.5 Å². The van der Waals surface area contributed by atoms with Gasteiger partial charge in [-0.2, -0.15) is 0 Å². The first-order valence-corrected chi connectivity index (χ1v) is 13.1. The Labute approximate surface area is 226 Å². The maximum atomic E-state index is 13.2. The van der Waals surface area contributed by atoms with E-state index in [0.717, 1.165) is 24.0 Å². The number of hydrogen-bond acceptors (Lipinski definition) is 5. The molecule has 7 nitrogen and oxygen atoms in total. The highest BCUT2D eigenvalue weighted by Crippen LogP contribution is 2.18. The van der Waals surface area contributed by atoms with Crippen molar-refractivity contribution >= 4 is 17.8 Å². The molecule has 2 amide bonds. The Morgan fingerprint density at radius 2 is 1.61 bits per heavy atom. The third-order valence-corrected chi connectivity index (χ3v) is 6.13. The number of aliphatic hydroxyl groups is 1. The monoisotopic (exact) mass is 520 g/mol. The molecule has 0 unspecified atom stereocenters. The zero-order valence-electron chi connectivity index (χ0n) is 22.0. The van der Waals surface area contributed by atoms with Crippen molar-refractivity contribution in [2.24, 2.45) is 5.92 Å². The van der Waals surface area contributed by atoms with Gasteiger partial charge in [0.2, 0.25) is 11.8 Å². The van der Waals surface area contributed by atoms with Crippen molar-refractivity contribution in [1.29, 1.82) is 0 Å². The summed E-state index contributed by atoms with van der Waals surface area (Å²) in [7, 11) is 0. The number of nitrogens with one attached hydrogen (secondary N) is 2. The highest BCUT2D eigenvalue weighted by Gasteiger charge is 2.25. The van der Waals surface area contributed by atoms with Gasteiger partial charge in [-0.05, 0) is 43.2 Å². The van der Waals surface area contributed by atoms with Crippen molar-refractivity contribution < 1.29 is 24.2 Å². The summed E-state index contributed by atoms with van der Waals surface area (Å²) in [6, 6.07) is 17.8. The van der Waals surface area contributed by atoms with Crippen molar-refractivity contribution in [3.05, 3.63) is 97.1 Å². The summed E-state index contributed by atoms with van der Waals surface area (Å²) < 4.78 is 5.48. The van der Waals surface area contributed by atoms with Crippen LogP contribution in [-0.4, -0.2) is 42.1 Å². The van der Waals surface area contributed by atoms with Crippen LogP contribution in [0, 0.1) is 5.92 Å². The number of rotatable bonds is 18. The van der Waals surface area contributed by atoms with Gasteiger partial charge in [-0.1, -0.05) is 72.8 Å². The third kappa shape index (κ3) is 11.6. The highest BCUT2D eigenvalue weighted by molar-refractivity contribution is 5.86. The Balaban J connectivity index is 1.99. The first-order chi connectivity index (χ1) is 18.5. The van der Waals surface area contributed by atoms with Gasteiger partial charge in [-0.3, -0.25) is 14.4 Å². The van der Waals surface area contributed by atoms with E-state index in [9.17, 15) is 19.5 Å². The van der Waals surface area contributed by atoms with Gasteiger partial charge in [0.15, 0.2) is 0 Å². The average molecular weight is 521 g/mol. The molecular formula is C31H40N2O5. The summed E-state index contributed by atoms with van der Waals surface area (Å²) in [6.45, 7) is 7.19. The van der Waals surface area contributed by atoms with Crippen molar-refractivity contribution in [1.82, 2.24) is 10.6 Å². The van der Waals surface area contributed by atoms with Crippen LogP contribution in [0.15, 0.2) is 86.0 Å². The van der Waals surface area contributed by atoms with Gasteiger partial charge in [0.1, 0.15) is 6.61 Å². The number of allylic oxidation sites excluding steroid dienone is 2. The molecule has 3 atom stereocenters. The van der Waals surface area contributed by atoms with E-state index < -0.39 is 18.0 Å². The maximum absolute atomic E-state index is 13.2. The van der Waals surface area contributed by atoms with E-state index in [1.54, 1.807) is 6.08 Å². The number of benzene rings is 2. The molecule has 0 radical (unpaired) electrons. The molecule has 0 spiro atoms. The van der Waals surface area contributed by atoms with E-state index >= 15 is 0 Å². The SMILES string of the molecule is C=CCCCCC(=O)OC[C@H](NC(=O)[C@H](CC=C)CC(=O)N[C@H](CO)Cc1ccccc1)c1ccccc1. The lowest BCUT2D eigenvalue weighted by atomic mass is 9.98. The molecule has 2 aromatic carbocycles. The van der Waals surface area contributed by atoms with E-state index in [0.29, 0.717) is 25.7 Å². The van der Waals surface area contributed by atoms with Crippen molar-refractivity contribution in [2.45, 2.75) is 57.0 Å². The Morgan fingerprint density at radius 3 is 2.24 bits per heavy atom. The van der Waals surface area contributed by atoms with Crippen molar-refractivity contribution in [2.75, 3.05) is 13.2 Å². The Kier molecular flexibility index (Phi) is 14.2. The summed E-state index contributed by atoms with van der Waals surface area (Å²) in [6.07, 6.45) is 6.87. The van der Waals surface area contributed by atoms with Crippen LogP contribution < -0.4 is 10.6 Å². The maximum Gasteiger partial charge on any atom is 0.305 e. The molecule has 204 valence electrons. The second kappa shape index (κ2) is 17.7. The summed E-state index contributed by atoms with van der Waals surface area (Å²) in [4.78, 5) is 38.3. The quantitative estimate of drug-likeness (QED) is 0.153. The minimum atomic E-state index is -0.663. The first kappa shape index (κ1) is 30.5. The van der Waals surface area contributed by atoms with Gasteiger partial charge in [0.05, 0.1) is 24.6 Å². The van der Waals surface area contributed by atoms with Gasteiger partial charge < -0.3 is 20.5 Å². The molecular weight excluding hydrogens is 480 g/mol. The molecule has 3 N–H and O–H groups in total. The fourth-order valence-electron chi connectivity index (χ4n) is 4.06. The molecule has 7 heteroatoms. The van der Waals surface area contributed by atoms with E-state index in [4.69, 9.17) is 4.74 Å². The third-order valence-electron chi connectivity index (χ3n) is 6.13. The molecule has 0 bridgehead atoms. The normalized spacial score (nSPS) is 13.0. The summed E-state index contributed by atoms with van der Waals surface area (Å²) in [5.74, 6) is -1.65. The number of unbranched alkanes of at least 4 members (excludes halogenated alkanes) is 2. The van der Waals surface area contributed by atoms with Gasteiger partial charge >= 0.3 is 5.97 Å². The van der Waals surface area contributed by atoms with Gasteiger partial charge in [0.25, 0.3) is 0 Å². The van der Waals surface area contributed by atoms with Crippen LogP contribution in [0.3, 0.4) is 0 Å². The molecule has 0 aliphatic heterocycles. The second-order valence-electron chi connectivity index (χ2n) is 9.25. The fourth-order valence-corrected chi connectivity index (χ4v) is 4.06. The van der Waals surface area contributed by atoms with Crippen LogP contribution in [0.2, 0.25) is 0 Å². The number of amides is 2. The second-order valence-corrected chi connectivity index (χ2v) is 9.25. The van der Waals surface area contributed by atoms with E-state index in [2.05, 4.69) is 23.8 Å². The first-order valence-electron chi connectivity index (χ1n) is 13.1. The van der Waals surface area contributed by atoms with Crippen LogP contribution >= 0.6 is 0 Å². The molecule has 2 aromatic rings. The fraction of sp³-hybridized carbons (Fsp3) is 0.387. The van der Waals surface area contributed by atoms with Gasteiger partial charge in [-0.25, -0.2) is 0 Å². The molecule has 0 aliphatic rings. The standard InChI is InChI=1S/C31H40N2O5/c1-3-5-6-13-19-30(36)38-23-28(25-17-11-8-12-18-25)33-31(37)26(14-4-2)21-29(35)32-27(22-34)20-24-15-9-7-10-16-24/h3-4,7-12,15-18,26-28,34H,1-2,5-6,13-14,19-23H2,(H,32,35)(H,33,37)/t26-,27+,28+/m1/s1. The Hall–Kier alpha value is -3.71. The summed E-state index contributed by atoms with van der Waals surface area (Å²) in [5, 5.41) is 15.5. The molecule has 2 rings (SSSR count). The minimum absolute atomic E-state index is 0.00723. The highest BCUT2D eigenvalue weighted by atomic mass is 16.5. The molecule has 0 heterocycles. The number of ether oxygens (including phenoxy) is 1. The molecule has 0 aliphatic carbocycles. The van der Waals surface area contributed by atoms with Crippen molar-refractivity contribution in [3.63, 3.8) is 0 Å². The molecule has 38 heavy (non-hydrogen) atoms. The largest absolute Gasteiger partial charge is 0.463 e. The Bertz CT molecular complexity index is 1010. The summed E-state index contributed by atoms with van der Waals surface area (Å²) >= 11 is 0. The van der Waals surface area contributed by atoms with E-state index in [1.807, 2.05) is 66.7 Å². The van der Waals surface area contributed by atoms with Crippen LogP contribution in [0.4, 0.5) is 0 Å². The smallest absolute Gasteiger partial charge is 0.305 e. The van der Waals surface area contributed by atoms with Crippen LogP contribution in [0.25, 0.3) is 0 Å². The average Bonchev–Trinajstić information content (AvgIpc) is 2.93. The topological polar surface area (TPSA) is 105 Å². The predicted molar refractivity (Wildman–Crippen MR) is 149 cm³/mol. The lowest BCUT2D eigenvalue weighted by molar-refractivity contribution is -0.145. The minimum Gasteiger partial charge on any atom is -0.463 e. The van der Waals surface area contributed by atoms with E-state index in [-0.39, 0.29) is 37.4 Å². The number of aliphatic hydroxyl groups excluding tert-OH is 1. The number of carbonyl (C=O) groups excluding carboxylic acids is 3. The lowest BCUT2D eigenvalue weighted by Crippen LogP contribution is -2.42. The molecule has 0 saturated carbocycles. The zero-order valence-corrected chi connectivity index (χ0v) is 22.0. The Morgan fingerprint density at radius 1 is 0.921 bits per heavy atom. The molecule has 0 fully saturated rings. The van der Waals surface area contributed by atoms with E-state index in [1.165, 1.54) is 0 Å². The number of carbonyl (C=O) groups is 3. The van der Waals surface area contributed by atoms with Crippen LogP contribution in [0.5, 0.6) is 0 Å². The number of hydrogen-bond donors (Lipinski definition) is 3.